The van der Waals surface area contributed by atoms with Gasteiger partial charge in [0, 0.05) is 19.3 Å². The van der Waals surface area contributed by atoms with Gasteiger partial charge in [-0.05, 0) is 42.3 Å². The van der Waals surface area contributed by atoms with Gasteiger partial charge in [-0.25, -0.2) is 4.98 Å². The number of aryl methyl sites for hydroxylation is 1. The van der Waals surface area contributed by atoms with Crippen molar-refractivity contribution in [2.75, 3.05) is 7.11 Å². The van der Waals surface area contributed by atoms with Crippen LogP contribution in [0.4, 0.5) is 0 Å². The Labute approximate surface area is 178 Å². The fraction of sp³-hybridized carbons (Fsp3) is 0.217. The summed E-state index contributed by atoms with van der Waals surface area (Å²) in [5.74, 6) is 0.323. The van der Waals surface area contributed by atoms with Crippen molar-refractivity contribution in [3.8, 4) is 5.75 Å². The molecular formula is C23H23N5O3. The lowest BCUT2D eigenvalue weighted by atomic mass is 10.1. The number of rotatable bonds is 6. The fourth-order valence-electron chi connectivity index (χ4n) is 3.52. The minimum absolute atomic E-state index is 0.0359. The van der Waals surface area contributed by atoms with Gasteiger partial charge in [0.1, 0.15) is 22.5 Å². The van der Waals surface area contributed by atoms with E-state index in [-0.39, 0.29) is 16.6 Å². The number of carbonyl (C=O) groups excluding carboxylic acids is 1. The van der Waals surface area contributed by atoms with Crippen LogP contribution >= 0.6 is 0 Å². The smallest absolute Gasteiger partial charge is 0.267 e. The normalized spacial score (nSPS) is 11.0. The molecule has 0 aliphatic carbocycles. The molecule has 0 unspecified atom stereocenters. The molecule has 2 N–H and O–H groups in total. The van der Waals surface area contributed by atoms with Gasteiger partial charge in [0.2, 0.25) is 0 Å². The van der Waals surface area contributed by atoms with Crippen LogP contribution in [0.1, 0.15) is 29.3 Å². The highest BCUT2D eigenvalue weighted by atomic mass is 16.5. The van der Waals surface area contributed by atoms with E-state index in [0.29, 0.717) is 29.8 Å². The van der Waals surface area contributed by atoms with Gasteiger partial charge in [-0.2, -0.15) is 0 Å². The van der Waals surface area contributed by atoms with Gasteiger partial charge in [0.25, 0.3) is 11.5 Å². The van der Waals surface area contributed by atoms with Crippen LogP contribution < -0.4 is 21.1 Å². The molecule has 4 rings (SSSR count). The average molecular weight is 417 g/mol. The SMILES string of the molecule is CCCn1c(=N)c(C(=O)NCc2ccc(OC)cc2)cc2c(=O)n3ccccc3nc21. The summed E-state index contributed by atoms with van der Waals surface area (Å²) >= 11 is 0. The predicted molar refractivity (Wildman–Crippen MR) is 117 cm³/mol. The quantitative estimate of drug-likeness (QED) is 0.471. The van der Waals surface area contributed by atoms with Crippen LogP contribution in [0, 0.1) is 5.41 Å². The van der Waals surface area contributed by atoms with Gasteiger partial charge in [-0.3, -0.25) is 19.4 Å². The summed E-state index contributed by atoms with van der Waals surface area (Å²) in [6.07, 6.45) is 2.38. The number of nitrogens with one attached hydrogen (secondary N) is 2. The van der Waals surface area contributed by atoms with E-state index in [0.717, 1.165) is 17.7 Å². The van der Waals surface area contributed by atoms with E-state index >= 15 is 0 Å². The monoisotopic (exact) mass is 417 g/mol. The van der Waals surface area contributed by atoms with E-state index in [1.807, 2.05) is 31.2 Å². The lowest BCUT2D eigenvalue weighted by molar-refractivity contribution is 0.0948. The molecular weight excluding hydrogens is 394 g/mol. The van der Waals surface area contributed by atoms with Crippen molar-refractivity contribution in [3.05, 3.63) is 81.7 Å². The molecule has 8 nitrogen and oxygen atoms in total. The molecule has 0 saturated heterocycles. The molecule has 158 valence electrons. The molecule has 8 heteroatoms. The second-order valence-corrected chi connectivity index (χ2v) is 7.17. The molecule has 3 aromatic heterocycles. The number of carbonyl (C=O) groups is 1. The Morgan fingerprint density at radius 1 is 1.19 bits per heavy atom. The van der Waals surface area contributed by atoms with Crippen molar-refractivity contribution < 1.29 is 9.53 Å². The van der Waals surface area contributed by atoms with Gasteiger partial charge in [0.05, 0.1) is 18.1 Å². The van der Waals surface area contributed by atoms with E-state index in [1.54, 1.807) is 36.1 Å². The molecule has 0 radical (unpaired) electrons. The summed E-state index contributed by atoms with van der Waals surface area (Å²) < 4.78 is 8.22. The molecule has 0 aliphatic rings. The number of ether oxygens (including phenoxy) is 1. The highest BCUT2D eigenvalue weighted by molar-refractivity contribution is 5.96. The second kappa shape index (κ2) is 8.43. The molecule has 1 aromatic carbocycles. The number of aromatic nitrogens is 3. The Bertz CT molecular complexity index is 1390. The van der Waals surface area contributed by atoms with Crippen molar-refractivity contribution in [2.45, 2.75) is 26.4 Å². The maximum atomic E-state index is 13.1. The summed E-state index contributed by atoms with van der Waals surface area (Å²) in [7, 11) is 1.60. The van der Waals surface area contributed by atoms with Crippen LogP contribution in [0.5, 0.6) is 5.75 Å². The van der Waals surface area contributed by atoms with Crippen LogP contribution in [-0.2, 0) is 13.1 Å². The van der Waals surface area contributed by atoms with Crippen LogP contribution in [0.2, 0.25) is 0 Å². The molecule has 0 spiro atoms. The first kappa shape index (κ1) is 20.3. The van der Waals surface area contributed by atoms with Crippen LogP contribution in [-0.4, -0.2) is 27.0 Å². The maximum Gasteiger partial charge on any atom is 0.267 e. The zero-order valence-corrected chi connectivity index (χ0v) is 17.4. The molecule has 0 bridgehead atoms. The predicted octanol–water partition coefficient (Wildman–Crippen LogP) is 2.48. The van der Waals surface area contributed by atoms with Crippen molar-refractivity contribution in [2.24, 2.45) is 0 Å². The molecule has 3 heterocycles. The van der Waals surface area contributed by atoms with E-state index in [9.17, 15) is 9.59 Å². The highest BCUT2D eigenvalue weighted by Gasteiger charge is 2.17. The number of nitrogens with zero attached hydrogens (tertiary/aromatic N) is 3. The summed E-state index contributed by atoms with van der Waals surface area (Å²) in [4.78, 5) is 30.6. The molecule has 0 aliphatic heterocycles. The van der Waals surface area contributed by atoms with Gasteiger partial charge < -0.3 is 14.6 Å². The number of hydrogen-bond acceptors (Lipinski definition) is 5. The van der Waals surface area contributed by atoms with E-state index in [1.165, 1.54) is 10.5 Å². The summed E-state index contributed by atoms with van der Waals surface area (Å²) in [6.45, 7) is 2.75. The van der Waals surface area contributed by atoms with Gasteiger partial charge in [-0.15, -0.1) is 0 Å². The summed E-state index contributed by atoms with van der Waals surface area (Å²) in [5.41, 5.74) is 1.72. The number of pyridine rings is 2. The molecule has 0 saturated carbocycles. The summed E-state index contributed by atoms with van der Waals surface area (Å²) in [5, 5.41) is 11.8. The second-order valence-electron chi connectivity index (χ2n) is 7.17. The van der Waals surface area contributed by atoms with Crippen molar-refractivity contribution >= 4 is 22.6 Å². The number of methoxy groups -OCH3 is 1. The zero-order chi connectivity index (χ0) is 22.0. The van der Waals surface area contributed by atoms with Crippen molar-refractivity contribution in [1.29, 1.82) is 5.41 Å². The third-order valence-corrected chi connectivity index (χ3v) is 5.12. The molecule has 4 aromatic rings. The van der Waals surface area contributed by atoms with Crippen LogP contribution in [0.25, 0.3) is 16.7 Å². The molecule has 1 amide bonds. The van der Waals surface area contributed by atoms with Crippen molar-refractivity contribution in [1.82, 2.24) is 19.3 Å². The molecule has 0 fully saturated rings. The minimum Gasteiger partial charge on any atom is -0.497 e. The van der Waals surface area contributed by atoms with Gasteiger partial charge in [0.15, 0.2) is 0 Å². The number of benzene rings is 1. The first-order chi connectivity index (χ1) is 15.0. The Kier molecular flexibility index (Phi) is 5.53. The summed E-state index contributed by atoms with van der Waals surface area (Å²) in [6, 6.07) is 14.1. The highest BCUT2D eigenvalue weighted by Crippen LogP contribution is 2.13. The standard InChI is InChI=1S/C23H23N5O3/c1-3-11-28-20(24)17(22(29)25-14-15-7-9-16(31-2)10-8-15)13-18-21(28)26-19-6-4-5-12-27(19)23(18)30/h4-10,12-13,24H,3,11,14H2,1-2H3,(H,25,29). The number of amides is 1. The lowest BCUT2D eigenvalue weighted by Gasteiger charge is -2.14. The van der Waals surface area contributed by atoms with Gasteiger partial charge in [-0.1, -0.05) is 25.1 Å². The van der Waals surface area contributed by atoms with E-state index in [2.05, 4.69) is 10.3 Å². The first-order valence-electron chi connectivity index (χ1n) is 10.0. The zero-order valence-electron chi connectivity index (χ0n) is 17.4. The van der Waals surface area contributed by atoms with Gasteiger partial charge >= 0.3 is 0 Å². The van der Waals surface area contributed by atoms with Crippen LogP contribution in [0.15, 0.2) is 59.5 Å². The molecule has 31 heavy (non-hydrogen) atoms. The third kappa shape index (κ3) is 3.79. The lowest BCUT2D eigenvalue weighted by Crippen LogP contribution is -2.34. The molecule has 0 atom stereocenters. The van der Waals surface area contributed by atoms with Crippen LogP contribution in [0.3, 0.4) is 0 Å². The Morgan fingerprint density at radius 2 is 1.97 bits per heavy atom. The van der Waals surface area contributed by atoms with E-state index in [4.69, 9.17) is 10.1 Å². The fourth-order valence-corrected chi connectivity index (χ4v) is 3.52. The largest absolute Gasteiger partial charge is 0.497 e. The van der Waals surface area contributed by atoms with Crippen molar-refractivity contribution in [3.63, 3.8) is 0 Å². The Morgan fingerprint density at radius 3 is 2.68 bits per heavy atom. The average Bonchev–Trinajstić information content (AvgIpc) is 2.80. The number of hydrogen-bond donors (Lipinski definition) is 2. The Balaban J connectivity index is 1.77. The third-order valence-electron chi connectivity index (χ3n) is 5.12. The first-order valence-corrected chi connectivity index (χ1v) is 10.0. The Hall–Kier alpha value is -3.94. The minimum atomic E-state index is -0.412. The topological polar surface area (TPSA) is 101 Å². The maximum absolute atomic E-state index is 13.1. The van der Waals surface area contributed by atoms with E-state index < -0.39 is 5.91 Å². The number of fused-ring (bicyclic) bond motifs is 2.